The van der Waals surface area contributed by atoms with Crippen molar-refractivity contribution in [3.63, 3.8) is 0 Å². The molecule has 0 unspecified atom stereocenters. The number of amidine groups is 1. The van der Waals surface area contributed by atoms with Gasteiger partial charge in [0.25, 0.3) is 0 Å². The number of nitrogens with zero attached hydrogens (tertiary/aromatic N) is 5. The van der Waals surface area contributed by atoms with Gasteiger partial charge in [0.15, 0.2) is 0 Å². The maximum atomic E-state index is 13.0. The molecule has 0 saturated carbocycles. The maximum Gasteiger partial charge on any atom is 0.227 e. The lowest BCUT2D eigenvalue weighted by molar-refractivity contribution is -0.130. The maximum absolute atomic E-state index is 13.0. The van der Waals surface area contributed by atoms with Crippen LogP contribution in [0.3, 0.4) is 0 Å². The van der Waals surface area contributed by atoms with Crippen molar-refractivity contribution in [2.75, 3.05) is 20.1 Å². The zero-order valence-corrected chi connectivity index (χ0v) is 22.8. The number of amides is 1. The second-order valence-electron chi connectivity index (χ2n) is 9.46. The molecule has 0 spiro atoms. The van der Waals surface area contributed by atoms with Crippen molar-refractivity contribution in [3.8, 4) is 0 Å². The molecule has 2 aliphatic rings. The number of pyridine rings is 2. The highest BCUT2D eigenvalue weighted by Gasteiger charge is 2.28. The largest absolute Gasteiger partial charge is 0.342 e. The van der Waals surface area contributed by atoms with Gasteiger partial charge in [-0.25, -0.2) is 5.84 Å². The first kappa shape index (κ1) is 26.2. The number of aryl methyl sites for hydroxylation is 1. The van der Waals surface area contributed by atoms with Gasteiger partial charge in [-0.15, -0.1) is 0 Å². The number of hydrazone groups is 1. The SMILES string of the molecule is CN(N)/C(=N\N)Sc1ccnc2c1CCc1cc(Cl)ccc1C2=C1CCN(C(=O)Cc2cccnc2)CC1. The number of piperidine rings is 1. The first-order valence-corrected chi connectivity index (χ1v) is 13.7. The minimum atomic E-state index is 0.131. The number of carbonyl (C=O) groups excluding carboxylic acids is 1. The molecular weight excluding hydrogens is 518 g/mol. The molecule has 2 aromatic heterocycles. The lowest BCUT2D eigenvalue weighted by Crippen LogP contribution is -2.37. The summed E-state index contributed by atoms with van der Waals surface area (Å²) in [6.45, 7) is 1.35. The number of rotatable bonds is 3. The Labute approximate surface area is 231 Å². The van der Waals surface area contributed by atoms with Crippen LogP contribution in [0.5, 0.6) is 0 Å². The van der Waals surface area contributed by atoms with Crippen LogP contribution in [-0.4, -0.2) is 51.1 Å². The van der Waals surface area contributed by atoms with Gasteiger partial charge in [0, 0.05) is 54.2 Å². The number of hydrogen-bond acceptors (Lipinski definition) is 7. The van der Waals surface area contributed by atoms with E-state index < -0.39 is 0 Å². The lowest BCUT2D eigenvalue weighted by Gasteiger charge is -2.30. The molecule has 5 rings (SSSR count). The quantitative estimate of drug-likeness (QED) is 0.167. The highest BCUT2D eigenvalue weighted by Crippen LogP contribution is 2.41. The third-order valence-corrected chi connectivity index (χ3v) is 8.41. The highest BCUT2D eigenvalue weighted by atomic mass is 35.5. The number of likely N-dealkylation sites (tertiary alicyclic amines) is 1. The molecule has 0 atom stereocenters. The Morgan fingerprint density at radius 1 is 1.16 bits per heavy atom. The molecule has 1 saturated heterocycles. The fourth-order valence-electron chi connectivity index (χ4n) is 5.14. The number of hydrazine groups is 1. The van der Waals surface area contributed by atoms with Crippen LogP contribution in [0.2, 0.25) is 5.02 Å². The smallest absolute Gasteiger partial charge is 0.227 e. The third kappa shape index (κ3) is 5.55. The Hall–Kier alpha value is -3.40. The molecule has 1 fully saturated rings. The summed E-state index contributed by atoms with van der Waals surface area (Å²) in [5.41, 5.74) is 7.87. The molecule has 1 aliphatic carbocycles. The van der Waals surface area contributed by atoms with E-state index in [-0.39, 0.29) is 5.91 Å². The number of fused-ring (bicyclic) bond motifs is 2. The Morgan fingerprint density at radius 3 is 2.68 bits per heavy atom. The van der Waals surface area contributed by atoms with Crippen LogP contribution < -0.4 is 11.7 Å². The van der Waals surface area contributed by atoms with Gasteiger partial charge in [-0.05, 0) is 84.0 Å². The molecule has 38 heavy (non-hydrogen) atoms. The first-order valence-electron chi connectivity index (χ1n) is 12.5. The number of halogens is 1. The van der Waals surface area contributed by atoms with Crippen LogP contribution in [0.1, 0.15) is 40.8 Å². The number of carbonyl (C=O) groups is 1. The second-order valence-corrected chi connectivity index (χ2v) is 10.9. The summed E-state index contributed by atoms with van der Waals surface area (Å²) in [4.78, 5) is 25.0. The van der Waals surface area contributed by atoms with Crippen LogP contribution in [0.25, 0.3) is 5.57 Å². The van der Waals surface area contributed by atoms with Gasteiger partial charge in [0.1, 0.15) is 0 Å². The van der Waals surface area contributed by atoms with E-state index >= 15 is 0 Å². The average molecular weight is 548 g/mol. The summed E-state index contributed by atoms with van der Waals surface area (Å²) in [6.07, 6.45) is 8.89. The minimum absolute atomic E-state index is 0.131. The summed E-state index contributed by atoms with van der Waals surface area (Å²) in [7, 11) is 1.72. The number of aromatic nitrogens is 2. The molecule has 0 radical (unpaired) electrons. The minimum Gasteiger partial charge on any atom is -0.342 e. The zero-order chi connectivity index (χ0) is 26.6. The number of hydrogen-bond donors (Lipinski definition) is 2. The summed E-state index contributed by atoms with van der Waals surface area (Å²) >= 11 is 7.85. The summed E-state index contributed by atoms with van der Waals surface area (Å²) in [5.74, 6) is 11.7. The van der Waals surface area contributed by atoms with Crippen molar-refractivity contribution in [2.45, 2.75) is 37.0 Å². The van der Waals surface area contributed by atoms with E-state index in [0.29, 0.717) is 24.7 Å². The van der Waals surface area contributed by atoms with E-state index in [0.717, 1.165) is 63.6 Å². The summed E-state index contributed by atoms with van der Waals surface area (Å²) in [5, 5.41) is 6.51. The predicted octanol–water partition coefficient (Wildman–Crippen LogP) is 4.02. The third-order valence-electron chi connectivity index (χ3n) is 7.00. The van der Waals surface area contributed by atoms with Gasteiger partial charge in [-0.3, -0.25) is 19.8 Å². The van der Waals surface area contributed by atoms with E-state index in [4.69, 9.17) is 28.3 Å². The van der Waals surface area contributed by atoms with Gasteiger partial charge in [-0.2, -0.15) is 5.10 Å². The molecule has 1 aliphatic heterocycles. The summed E-state index contributed by atoms with van der Waals surface area (Å²) < 4.78 is 0. The molecule has 1 aromatic carbocycles. The Kier molecular flexibility index (Phi) is 7.97. The first-order chi connectivity index (χ1) is 18.4. The van der Waals surface area contributed by atoms with Crippen molar-refractivity contribution in [1.29, 1.82) is 0 Å². The molecule has 10 heteroatoms. The van der Waals surface area contributed by atoms with Gasteiger partial charge >= 0.3 is 0 Å². The van der Waals surface area contributed by atoms with Crippen LogP contribution in [-0.2, 0) is 24.1 Å². The van der Waals surface area contributed by atoms with Crippen LogP contribution in [0, 0.1) is 0 Å². The molecular formula is C28H30ClN7OS. The molecule has 8 nitrogen and oxygen atoms in total. The van der Waals surface area contributed by atoms with E-state index in [2.05, 4.69) is 22.2 Å². The topological polar surface area (TPSA) is 114 Å². The summed E-state index contributed by atoms with van der Waals surface area (Å²) in [6, 6.07) is 11.9. The zero-order valence-electron chi connectivity index (χ0n) is 21.2. The van der Waals surface area contributed by atoms with Crippen molar-refractivity contribution in [3.05, 3.63) is 93.5 Å². The second kappa shape index (κ2) is 11.6. The van der Waals surface area contributed by atoms with E-state index in [1.807, 2.05) is 35.4 Å². The van der Waals surface area contributed by atoms with Crippen LogP contribution in [0.4, 0.5) is 0 Å². The Bertz CT molecular complexity index is 1400. The molecule has 0 bridgehead atoms. The normalized spacial score (nSPS) is 15.6. The Balaban J connectivity index is 1.50. The van der Waals surface area contributed by atoms with Gasteiger partial charge in [0.2, 0.25) is 11.1 Å². The van der Waals surface area contributed by atoms with Crippen molar-refractivity contribution in [2.24, 2.45) is 16.8 Å². The molecule has 196 valence electrons. The predicted molar refractivity (Wildman–Crippen MR) is 152 cm³/mol. The van der Waals surface area contributed by atoms with Gasteiger partial charge in [0.05, 0.1) is 12.1 Å². The van der Waals surface area contributed by atoms with Crippen LogP contribution >= 0.6 is 23.4 Å². The van der Waals surface area contributed by atoms with Crippen molar-refractivity contribution in [1.82, 2.24) is 19.9 Å². The highest BCUT2D eigenvalue weighted by molar-refractivity contribution is 8.13. The van der Waals surface area contributed by atoms with E-state index in [1.165, 1.54) is 27.9 Å². The molecule has 4 N–H and O–H groups in total. The fourth-order valence-corrected chi connectivity index (χ4v) is 6.18. The van der Waals surface area contributed by atoms with E-state index in [1.54, 1.807) is 19.4 Å². The number of thioether (sulfide) groups is 1. The van der Waals surface area contributed by atoms with Crippen molar-refractivity contribution >= 4 is 40.0 Å². The number of nitrogens with two attached hydrogens (primary N) is 2. The molecule has 3 aromatic rings. The number of benzene rings is 1. The van der Waals surface area contributed by atoms with E-state index in [9.17, 15) is 4.79 Å². The lowest BCUT2D eigenvalue weighted by atomic mass is 9.88. The Morgan fingerprint density at radius 2 is 1.97 bits per heavy atom. The average Bonchev–Trinajstić information content (AvgIpc) is 3.09. The van der Waals surface area contributed by atoms with Gasteiger partial charge in [-0.1, -0.05) is 29.3 Å². The van der Waals surface area contributed by atoms with Gasteiger partial charge < -0.3 is 10.7 Å². The molecule has 1 amide bonds. The fraction of sp³-hybridized carbons (Fsp3) is 0.286. The standard InChI is InChI=1S/C28H30ClN7OS/c1-35(31)28(34-30)38-24-8-12-33-27-23(24)6-4-20-16-21(29)5-7-22(20)26(27)19-9-13-36(14-10-19)25(37)15-18-3-2-11-32-17-18/h2-3,5,7-8,11-12,16-17H,4,6,9-10,13-15,30-31H2,1H3/b34-28+. The monoisotopic (exact) mass is 547 g/mol. The molecule has 3 heterocycles. The van der Waals surface area contributed by atoms with Crippen molar-refractivity contribution < 1.29 is 4.79 Å². The van der Waals surface area contributed by atoms with Crippen LogP contribution in [0.15, 0.2) is 70.6 Å².